The summed E-state index contributed by atoms with van der Waals surface area (Å²) in [4.78, 5) is 24.0. The number of halogens is 4. The van der Waals surface area contributed by atoms with E-state index in [1.807, 2.05) is 0 Å². The number of fused-ring (bicyclic) bond motifs is 1. The van der Waals surface area contributed by atoms with Gasteiger partial charge in [-0.15, -0.1) is 13.2 Å². The van der Waals surface area contributed by atoms with Crippen molar-refractivity contribution in [2.45, 2.75) is 25.6 Å². The van der Waals surface area contributed by atoms with E-state index in [0.717, 1.165) is 6.07 Å². The van der Waals surface area contributed by atoms with Crippen LogP contribution in [0.4, 0.5) is 30.6 Å². The highest BCUT2D eigenvalue weighted by atomic mass is 35.5. The lowest BCUT2D eigenvalue weighted by atomic mass is 10.3. The Kier molecular flexibility index (Phi) is 6.43. The first-order chi connectivity index (χ1) is 16.1. The zero-order chi connectivity index (χ0) is 24.5. The minimum Gasteiger partial charge on any atom is -0.443 e. The zero-order valence-corrected chi connectivity index (χ0v) is 18.2. The van der Waals surface area contributed by atoms with Crippen LogP contribution in [0.5, 0.6) is 11.8 Å². The summed E-state index contributed by atoms with van der Waals surface area (Å²) in [7, 11) is 1.63. The first kappa shape index (κ1) is 23.5. The molecule has 11 nitrogen and oxygen atoms in total. The molecule has 0 amide bonds. The molecule has 0 aliphatic carbocycles. The molecule has 0 radical (unpaired) electrons. The number of nitro groups is 1. The molecule has 0 saturated heterocycles. The Hall–Kier alpha value is -3.65. The van der Waals surface area contributed by atoms with E-state index in [2.05, 4.69) is 19.7 Å². The average Bonchev–Trinajstić information content (AvgIpc) is 3.22. The third-order valence-corrected chi connectivity index (χ3v) is 5.01. The number of benzene rings is 1. The maximum absolute atomic E-state index is 12.4. The van der Waals surface area contributed by atoms with E-state index in [1.54, 1.807) is 19.4 Å². The standard InChI is InChI=1S/C19H16ClF3N6O5/c1-27(12-2-3-15(14(20)4-12)34-19(21,22)23)17-24-5-11(6-25-17)9-32-13-7-28-8-16(29(30)31)26-18(28)33-10-13/h2-6,8,13H,7,9-10H2,1H3/t13-/m0/s1. The van der Waals surface area contributed by atoms with Gasteiger partial charge >= 0.3 is 18.2 Å². The molecule has 34 heavy (non-hydrogen) atoms. The van der Waals surface area contributed by atoms with E-state index in [4.69, 9.17) is 21.1 Å². The summed E-state index contributed by atoms with van der Waals surface area (Å²) in [5.74, 6) is -0.530. The van der Waals surface area contributed by atoms with Gasteiger partial charge in [-0.05, 0) is 23.1 Å². The van der Waals surface area contributed by atoms with E-state index in [-0.39, 0.29) is 42.1 Å². The molecule has 4 rings (SSSR count). The predicted octanol–water partition coefficient (Wildman–Crippen LogP) is 3.88. The van der Waals surface area contributed by atoms with Gasteiger partial charge in [0.15, 0.2) is 0 Å². The monoisotopic (exact) mass is 500 g/mol. The number of hydrogen-bond acceptors (Lipinski definition) is 9. The molecule has 2 aromatic heterocycles. The van der Waals surface area contributed by atoms with Gasteiger partial charge in [-0.2, -0.15) is 0 Å². The van der Waals surface area contributed by atoms with Crippen molar-refractivity contribution < 1.29 is 32.3 Å². The van der Waals surface area contributed by atoms with Crippen LogP contribution in [0.3, 0.4) is 0 Å². The Morgan fingerprint density at radius 1 is 1.35 bits per heavy atom. The van der Waals surface area contributed by atoms with Crippen molar-refractivity contribution in [2.24, 2.45) is 0 Å². The third-order valence-electron chi connectivity index (χ3n) is 4.72. The largest absolute Gasteiger partial charge is 0.573 e. The fourth-order valence-corrected chi connectivity index (χ4v) is 3.30. The molecule has 1 aromatic carbocycles. The van der Waals surface area contributed by atoms with Gasteiger partial charge in [-0.1, -0.05) is 11.6 Å². The van der Waals surface area contributed by atoms with Crippen molar-refractivity contribution >= 4 is 29.1 Å². The van der Waals surface area contributed by atoms with Gasteiger partial charge in [0, 0.05) is 35.7 Å². The summed E-state index contributed by atoms with van der Waals surface area (Å²) in [6, 6.07) is 3.97. The summed E-state index contributed by atoms with van der Waals surface area (Å²) in [6.07, 6.45) is -0.839. The van der Waals surface area contributed by atoms with Crippen LogP contribution in [-0.4, -0.2) is 50.6 Å². The highest BCUT2D eigenvalue weighted by molar-refractivity contribution is 6.32. The molecular formula is C19H16ClF3N6O5. The van der Waals surface area contributed by atoms with Gasteiger partial charge in [0.2, 0.25) is 5.95 Å². The number of hydrogen-bond donors (Lipinski definition) is 0. The van der Waals surface area contributed by atoms with Crippen LogP contribution in [0.1, 0.15) is 5.56 Å². The van der Waals surface area contributed by atoms with Crippen molar-refractivity contribution in [1.29, 1.82) is 0 Å². The molecule has 0 unspecified atom stereocenters. The zero-order valence-electron chi connectivity index (χ0n) is 17.4. The smallest absolute Gasteiger partial charge is 0.443 e. The lowest BCUT2D eigenvalue weighted by Crippen LogP contribution is -2.32. The second kappa shape index (κ2) is 9.30. The minimum absolute atomic E-state index is 0.166. The summed E-state index contributed by atoms with van der Waals surface area (Å²) < 4.78 is 53.8. The Morgan fingerprint density at radius 3 is 2.74 bits per heavy atom. The molecule has 1 aliphatic rings. The van der Waals surface area contributed by atoms with Crippen molar-refractivity contribution in [2.75, 3.05) is 18.6 Å². The highest BCUT2D eigenvalue weighted by Gasteiger charge is 2.32. The number of rotatable bonds is 7. The van der Waals surface area contributed by atoms with Crippen molar-refractivity contribution in [3.05, 3.63) is 57.5 Å². The molecule has 0 N–H and O–H groups in total. The van der Waals surface area contributed by atoms with Crippen molar-refractivity contribution in [3.63, 3.8) is 0 Å². The molecule has 0 spiro atoms. The fourth-order valence-electron chi connectivity index (χ4n) is 3.09. The van der Waals surface area contributed by atoms with Crippen LogP contribution >= 0.6 is 11.6 Å². The molecule has 0 bridgehead atoms. The Labute approximate surface area is 194 Å². The van der Waals surface area contributed by atoms with Crippen LogP contribution in [0, 0.1) is 10.1 Å². The summed E-state index contributed by atoms with van der Waals surface area (Å²) in [5.41, 5.74) is 1.11. The minimum atomic E-state index is -4.85. The number of ether oxygens (including phenoxy) is 3. The molecule has 15 heteroatoms. The second-order valence-electron chi connectivity index (χ2n) is 7.15. The van der Waals surface area contributed by atoms with Crippen molar-refractivity contribution in [1.82, 2.24) is 19.5 Å². The van der Waals surface area contributed by atoms with Gasteiger partial charge in [0.1, 0.15) is 24.7 Å². The maximum atomic E-state index is 12.4. The SMILES string of the molecule is CN(c1ccc(OC(F)(F)F)c(Cl)c1)c1ncc(CO[C@@H]2COc3nc([N+](=O)[O-])cn3C2)cn1. The predicted molar refractivity (Wildman–Crippen MR) is 111 cm³/mol. The first-order valence-electron chi connectivity index (χ1n) is 9.65. The topological polar surface area (TPSA) is 118 Å². The highest BCUT2D eigenvalue weighted by Crippen LogP contribution is 2.34. The van der Waals surface area contributed by atoms with E-state index < -0.39 is 17.0 Å². The van der Waals surface area contributed by atoms with Crippen LogP contribution in [0.25, 0.3) is 0 Å². The van der Waals surface area contributed by atoms with E-state index in [9.17, 15) is 23.3 Å². The second-order valence-corrected chi connectivity index (χ2v) is 7.56. The fraction of sp³-hybridized carbons (Fsp3) is 0.316. The van der Waals surface area contributed by atoms with Crippen LogP contribution in [0.2, 0.25) is 5.02 Å². The average molecular weight is 501 g/mol. The molecule has 180 valence electrons. The van der Waals surface area contributed by atoms with Crippen LogP contribution in [-0.2, 0) is 17.9 Å². The normalized spacial score (nSPS) is 15.4. The van der Waals surface area contributed by atoms with Gasteiger partial charge in [0.25, 0.3) is 0 Å². The number of anilines is 2. The lowest BCUT2D eigenvalue weighted by Gasteiger charge is -2.22. The Balaban J connectivity index is 1.35. The summed E-state index contributed by atoms with van der Waals surface area (Å²) in [5, 5.41) is 10.6. The van der Waals surface area contributed by atoms with E-state index in [0.29, 0.717) is 17.8 Å². The van der Waals surface area contributed by atoms with Gasteiger partial charge in [0.05, 0.1) is 18.2 Å². The molecule has 3 aromatic rings. The molecule has 1 atom stereocenters. The van der Waals surface area contributed by atoms with Crippen LogP contribution in [0.15, 0.2) is 36.8 Å². The molecule has 0 saturated carbocycles. The van der Waals surface area contributed by atoms with E-state index in [1.165, 1.54) is 27.8 Å². The van der Waals surface area contributed by atoms with Gasteiger partial charge in [-0.3, -0.25) is 4.57 Å². The molecule has 0 fully saturated rings. The number of imidazole rings is 1. The van der Waals surface area contributed by atoms with Crippen molar-refractivity contribution in [3.8, 4) is 11.8 Å². The van der Waals surface area contributed by atoms with Gasteiger partial charge in [-0.25, -0.2) is 9.97 Å². The lowest BCUT2D eigenvalue weighted by molar-refractivity contribution is -0.389. The molecule has 3 heterocycles. The third kappa shape index (κ3) is 5.46. The Morgan fingerprint density at radius 2 is 2.09 bits per heavy atom. The van der Waals surface area contributed by atoms with Gasteiger partial charge < -0.3 is 29.2 Å². The first-order valence-corrected chi connectivity index (χ1v) is 10.0. The summed E-state index contributed by atoms with van der Waals surface area (Å²) >= 11 is 5.90. The maximum Gasteiger partial charge on any atom is 0.573 e. The Bertz CT molecular complexity index is 1190. The molecular weight excluding hydrogens is 485 g/mol. The number of alkyl halides is 3. The van der Waals surface area contributed by atoms with Crippen LogP contribution < -0.4 is 14.4 Å². The summed E-state index contributed by atoms with van der Waals surface area (Å²) in [6.45, 7) is 0.691. The number of nitrogens with zero attached hydrogens (tertiary/aromatic N) is 6. The quantitative estimate of drug-likeness (QED) is 0.352. The molecule has 1 aliphatic heterocycles. The number of aromatic nitrogens is 4. The van der Waals surface area contributed by atoms with E-state index >= 15 is 0 Å².